The second-order valence-corrected chi connectivity index (χ2v) is 2.09. The zero-order chi connectivity index (χ0) is 7.98. The molecule has 56 valence electrons. The molecule has 0 radical (unpaired) electrons. The lowest BCUT2D eigenvalue weighted by molar-refractivity contribution is -0.141. The van der Waals surface area contributed by atoms with Crippen molar-refractivity contribution in [3.63, 3.8) is 0 Å². The Kier molecular flexibility index (Phi) is 4.69. The predicted octanol–water partition coefficient (Wildman–Crippen LogP) is 0.928. The summed E-state index contributed by atoms with van der Waals surface area (Å²) < 4.78 is 4.54. The minimum absolute atomic E-state index is 0.0926. The number of esters is 1. The van der Waals surface area contributed by atoms with Crippen LogP contribution in [-0.4, -0.2) is 18.5 Å². The van der Waals surface area contributed by atoms with Crippen LogP contribution in [-0.2, 0) is 9.53 Å². The first kappa shape index (κ1) is 9.25. The molecule has 0 rings (SSSR count). The van der Waals surface area contributed by atoms with Gasteiger partial charge in [0.25, 0.3) is 0 Å². The van der Waals surface area contributed by atoms with Crippen LogP contribution in [0.5, 0.6) is 0 Å². The topological polar surface area (TPSA) is 50.1 Å². The lowest BCUT2D eigenvalue weighted by Crippen LogP contribution is -2.11. The van der Waals surface area contributed by atoms with Gasteiger partial charge >= 0.3 is 5.97 Å². The van der Waals surface area contributed by atoms with E-state index in [-0.39, 0.29) is 24.4 Å². The Balaban J connectivity index is 3.47. The van der Waals surface area contributed by atoms with E-state index in [1.54, 1.807) is 0 Å². The van der Waals surface area contributed by atoms with Crippen molar-refractivity contribution in [2.75, 3.05) is 12.5 Å². The first-order valence-corrected chi connectivity index (χ1v) is 3.33. The van der Waals surface area contributed by atoms with Gasteiger partial charge in [-0.15, -0.1) is 11.6 Å². The third-order valence-electron chi connectivity index (χ3n) is 0.857. The van der Waals surface area contributed by atoms with Crippen LogP contribution in [0.15, 0.2) is 0 Å². The van der Waals surface area contributed by atoms with E-state index >= 15 is 0 Å². The van der Waals surface area contributed by atoms with Crippen molar-refractivity contribution in [3.05, 3.63) is 0 Å². The van der Waals surface area contributed by atoms with Crippen LogP contribution in [0, 0.1) is 17.2 Å². The van der Waals surface area contributed by atoms with Gasteiger partial charge in [0.05, 0.1) is 12.0 Å². The molecule has 0 saturated heterocycles. The Bertz CT molecular complexity index is 152. The fourth-order valence-electron chi connectivity index (χ4n) is 0.334. The molecule has 0 aromatic rings. The molecule has 0 spiro atoms. The van der Waals surface area contributed by atoms with Crippen molar-refractivity contribution in [1.29, 1.82) is 5.26 Å². The monoisotopic (exact) mass is 161 g/mol. The third-order valence-corrected chi connectivity index (χ3v) is 1.23. The SMILES string of the molecule is CC(=O)OCC(C#N)CCl. The average molecular weight is 162 g/mol. The maximum atomic E-state index is 10.2. The summed E-state index contributed by atoms with van der Waals surface area (Å²) in [6.45, 7) is 1.39. The smallest absolute Gasteiger partial charge is 0.302 e. The molecule has 0 bridgehead atoms. The Labute approximate surface area is 64.5 Å². The quantitative estimate of drug-likeness (QED) is 0.457. The number of halogens is 1. The fraction of sp³-hybridized carbons (Fsp3) is 0.667. The molecule has 0 amide bonds. The van der Waals surface area contributed by atoms with Crippen LogP contribution in [0.3, 0.4) is 0 Å². The molecule has 3 nitrogen and oxygen atoms in total. The number of hydrogen-bond donors (Lipinski definition) is 0. The molecular formula is C6H8ClNO2. The zero-order valence-corrected chi connectivity index (χ0v) is 6.39. The van der Waals surface area contributed by atoms with Crippen LogP contribution in [0.1, 0.15) is 6.92 Å². The maximum absolute atomic E-state index is 10.2. The largest absolute Gasteiger partial charge is 0.464 e. The van der Waals surface area contributed by atoms with Crippen molar-refractivity contribution in [2.24, 2.45) is 5.92 Å². The standard InChI is InChI=1S/C6H8ClNO2/c1-5(9)10-4-6(2-7)3-8/h6H,2,4H2,1H3. The molecule has 0 fully saturated rings. The van der Waals surface area contributed by atoms with E-state index in [1.165, 1.54) is 6.92 Å². The minimum atomic E-state index is -0.384. The molecule has 0 N–H and O–H groups in total. The van der Waals surface area contributed by atoms with Crippen molar-refractivity contribution in [2.45, 2.75) is 6.92 Å². The van der Waals surface area contributed by atoms with E-state index in [0.29, 0.717) is 0 Å². The molecule has 0 aliphatic carbocycles. The Morgan fingerprint density at radius 2 is 2.50 bits per heavy atom. The molecule has 1 atom stereocenters. The molecule has 0 aliphatic heterocycles. The molecule has 0 heterocycles. The molecule has 1 unspecified atom stereocenters. The van der Waals surface area contributed by atoms with Crippen LogP contribution in [0.4, 0.5) is 0 Å². The van der Waals surface area contributed by atoms with Gasteiger partial charge in [-0.05, 0) is 0 Å². The highest BCUT2D eigenvalue weighted by Crippen LogP contribution is 1.97. The van der Waals surface area contributed by atoms with Crippen molar-refractivity contribution >= 4 is 17.6 Å². The number of ether oxygens (including phenoxy) is 1. The van der Waals surface area contributed by atoms with Crippen LogP contribution in [0.2, 0.25) is 0 Å². The highest BCUT2D eigenvalue weighted by Gasteiger charge is 2.06. The van der Waals surface area contributed by atoms with Crippen LogP contribution >= 0.6 is 11.6 Å². The van der Waals surface area contributed by atoms with Gasteiger partial charge in [-0.25, -0.2) is 0 Å². The Hall–Kier alpha value is -0.750. The number of carbonyl (C=O) groups excluding carboxylic acids is 1. The van der Waals surface area contributed by atoms with E-state index < -0.39 is 0 Å². The number of alkyl halides is 1. The van der Waals surface area contributed by atoms with E-state index in [0.717, 1.165) is 0 Å². The normalized spacial score (nSPS) is 11.7. The molecule has 10 heavy (non-hydrogen) atoms. The summed E-state index contributed by atoms with van der Waals surface area (Å²) in [6.07, 6.45) is 0. The third kappa shape index (κ3) is 4.16. The van der Waals surface area contributed by atoms with Gasteiger partial charge in [0, 0.05) is 12.8 Å². The van der Waals surface area contributed by atoms with Crippen molar-refractivity contribution in [3.8, 4) is 6.07 Å². The Morgan fingerprint density at radius 3 is 2.80 bits per heavy atom. The number of nitrogens with zero attached hydrogens (tertiary/aromatic N) is 1. The van der Waals surface area contributed by atoms with E-state index in [4.69, 9.17) is 16.9 Å². The minimum Gasteiger partial charge on any atom is -0.464 e. The Morgan fingerprint density at radius 1 is 1.90 bits per heavy atom. The molecule has 0 saturated carbocycles. The molecule has 0 aromatic heterocycles. The summed E-state index contributed by atoms with van der Waals surface area (Å²) in [4.78, 5) is 10.2. The van der Waals surface area contributed by atoms with Crippen molar-refractivity contribution < 1.29 is 9.53 Å². The summed E-state index contributed by atoms with van der Waals surface area (Å²) in [5.74, 6) is -0.569. The number of carbonyl (C=O) groups is 1. The van der Waals surface area contributed by atoms with Gasteiger partial charge in [-0.3, -0.25) is 4.79 Å². The highest BCUT2D eigenvalue weighted by atomic mass is 35.5. The molecular weight excluding hydrogens is 154 g/mol. The molecule has 0 aliphatic rings. The predicted molar refractivity (Wildman–Crippen MR) is 36.5 cm³/mol. The summed E-state index contributed by atoms with van der Waals surface area (Å²) in [6, 6.07) is 1.90. The fourth-order valence-corrected chi connectivity index (χ4v) is 0.492. The zero-order valence-electron chi connectivity index (χ0n) is 5.63. The van der Waals surface area contributed by atoms with Crippen LogP contribution in [0.25, 0.3) is 0 Å². The van der Waals surface area contributed by atoms with Gasteiger partial charge in [0.1, 0.15) is 6.61 Å². The lowest BCUT2D eigenvalue weighted by Gasteiger charge is -2.03. The van der Waals surface area contributed by atoms with Gasteiger partial charge in [-0.1, -0.05) is 0 Å². The lowest BCUT2D eigenvalue weighted by atomic mass is 10.2. The molecule has 0 aromatic carbocycles. The first-order chi connectivity index (χ1) is 4.70. The second kappa shape index (κ2) is 5.07. The number of nitriles is 1. The second-order valence-electron chi connectivity index (χ2n) is 1.78. The summed E-state index contributed by atoms with van der Waals surface area (Å²) in [5.41, 5.74) is 0. The van der Waals surface area contributed by atoms with Crippen molar-refractivity contribution in [1.82, 2.24) is 0 Å². The summed E-state index contributed by atoms with van der Waals surface area (Å²) >= 11 is 5.34. The number of rotatable bonds is 3. The van der Waals surface area contributed by atoms with Gasteiger partial charge in [-0.2, -0.15) is 5.26 Å². The highest BCUT2D eigenvalue weighted by molar-refractivity contribution is 6.18. The van der Waals surface area contributed by atoms with E-state index in [2.05, 4.69) is 4.74 Å². The summed E-state index contributed by atoms with van der Waals surface area (Å²) in [7, 11) is 0. The van der Waals surface area contributed by atoms with E-state index in [1.807, 2.05) is 6.07 Å². The van der Waals surface area contributed by atoms with Crippen LogP contribution < -0.4 is 0 Å². The molecule has 4 heteroatoms. The maximum Gasteiger partial charge on any atom is 0.302 e. The summed E-state index contributed by atoms with van der Waals surface area (Å²) in [5, 5.41) is 8.31. The van der Waals surface area contributed by atoms with Gasteiger partial charge in [0.2, 0.25) is 0 Å². The van der Waals surface area contributed by atoms with E-state index in [9.17, 15) is 4.79 Å². The number of hydrogen-bond acceptors (Lipinski definition) is 3. The average Bonchev–Trinajstić information content (AvgIpc) is 1.90. The van der Waals surface area contributed by atoms with Gasteiger partial charge in [0.15, 0.2) is 0 Å². The van der Waals surface area contributed by atoms with Gasteiger partial charge < -0.3 is 4.74 Å². The first-order valence-electron chi connectivity index (χ1n) is 2.79.